The fraction of sp³-hybridized carbons (Fsp3) is 0.486. The summed E-state index contributed by atoms with van der Waals surface area (Å²) in [5.74, 6) is -6.26. The zero-order valence-electron chi connectivity index (χ0n) is 32.5. The van der Waals surface area contributed by atoms with Crippen molar-refractivity contribution in [1.82, 2.24) is 31.9 Å². The van der Waals surface area contributed by atoms with Crippen molar-refractivity contribution in [2.45, 2.75) is 73.8 Å². The Kier molecular flexibility index (Phi) is 19.0. The van der Waals surface area contributed by atoms with Crippen LogP contribution < -0.4 is 43.4 Å². The number of benzene rings is 2. The monoisotopic (exact) mass is 894 g/mol. The Hall–Kier alpha value is -5.05. The number of primary amides is 1. The summed E-state index contributed by atoms with van der Waals surface area (Å²) in [6.07, 6.45) is -8.46. The minimum absolute atomic E-state index is 0.0220. The standard InChI is InChI=1S/C37H50N8O14S2/c38-21(10-19-6-8-20(47)9-7-19)32(53)44-24-16-60-61-17-25(45-35(56)22(11-18-4-2-1-3-5-18)42-28(49)13-41-34(24)55)36(57)43-23(33(54)40-12-27(39)48)15-58-37-31(52)30(51)29(50)26(14-46)59-37/h1-9,21-26,29-31,37,46-47,50-52H,10-17,38H2,(H2,39,48)(H,40,54)(H,41,55)(H,42,49)(H,43,57)(H,44,53)(H,45,56)/t21-,22-,23-,24+,25+,26+,29+,30-,31+,37+/m0/s1. The van der Waals surface area contributed by atoms with Crippen molar-refractivity contribution >= 4 is 62.9 Å². The molecule has 7 amide bonds. The number of rotatable bonds is 15. The van der Waals surface area contributed by atoms with Crippen LogP contribution in [0.2, 0.25) is 0 Å². The maximum absolute atomic E-state index is 14.0. The van der Waals surface area contributed by atoms with E-state index in [0.29, 0.717) is 11.1 Å². The van der Waals surface area contributed by atoms with Gasteiger partial charge >= 0.3 is 0 Å². The molecule has 2 heterocycles. The van der Waals surface area contributed by atoms with Crippen molar-refractivity contribution in [1.29, 1.82) is 0 Å². The molecule has 10 atom stereocenters. The van der Waals surface area contributed by atoms with Crippen molar-refractivity contribution in [2.24, 2.45) is 11.5 Å². The average Bonchev–Trinajstić information content (AvgIpc) is 3.24. The number of aliphatic hydroxyl groups is 4. The molecular weight excluding hydrogens is 845 g/mol. The minimum Gasteiger partial charge on any atom is -0.508 e. The Morgan fingerprint density at radius 1 is 0.885 bits per heavy atom. The summed E-state index contributed by atoms with van der Waals surface area (Å²) < 4.78 is 10.8. The van der Waals surface area contributed by atoms with Gasteiger partial charge in [0.25, 0.3) is 0 Å². The number of amides is 7. The van der Waals surface area contributed by atoms with E-state index in [0.717, 1.165) is 21.6 Å². The van der Waals surface area contributed by atoms with Crippen molar-refractivity contribution in [2.75, 3.05) is 37.8 Å². The Balaban J connectivity index is 1.55. The van der Waals surface area contributed by atoms with Crippen LogP contribution in [-0.4, -0.2) is 166 Å². The molecule has 24 heteroatoms. The van der Waals surface area contributed by atoms with E-state index < -0.39 is 129 Å². The van der Waals surface area contributed by atoms with Gasteiger partial charge < -0.3 is 78.4 Å². The first-order valence-corrected chi connectivity index (χ1v) is 21.3. The summed E-state index contributed by atoms with van der Waals surface area (Å²) in [6, 6.07) is 7.85. The number of hydrogen-bond donors (Lipinski definition) is 13. The first-order chi connectivity index (χ1) is 29.1. The van der Waals surface area contributed by atoms with E-state index in [1.807, 2.05) is 0 Å². The Bertz CT molecular complexity index is 1830. The van der Waals surface area contributed by atoms with Crippen LogP contribution in [-0.2, 0) is 55.9 Å². The van der Waals surface area contributed by atoms with Gasteiger partial charge in [-0.3, -0.25) is 33.6 Å². The fourth-order valence-corrected chi connectivity index (χ4v) is 8.20. The summed E-state index contributed by atoms with van der Waals surface area (Å²) in [4.78, 5) is 92.2. The van der Waals surface area contributed by atoms with Crippen LogP contribution in [0.15, 0.2) is 54.6 Å². The quantitative estimate of drug-likeness (QED) is 0.0741. The van der Waals surface area contributed by atoms with Crippen LogP contribution >= 0.6 is 21.6 Å². The second kappa shape index (κ2) is 23.8. The SMILES string of the molecule is NC(=O)CNC(=O)[C@H](CO[C@@H]1O[C@H](CO)[C@@H](O)[C@H](O)[C@H]1O)NC(=O)[C@H]1CSSC[C@@H](NC(=O)[C@@H](N)Cc2ccc(O)cc2)C(=O)NCC(=O)N[C@@H](Cc2ccccc2)C(=O)N1. The van der Waals surface area contributed by atoms with Gasteiger partial charge in [-0.15, -0.1) is 0 Å². The number of hydrogen-bond acceptors (Lipinski definition) is 17. The molecule has 61 heavy (non-hydrogen) atoms. The van der Waals surface area contributed by atoms with Gasteiger partial charge in [0, 0.05) is 17.9 Å². The Morgan fingerprint density at radius 2 is 1.57 bits per heavy atom. The number of nitrogens with two attached hydrogens (primary N) is 2. The van der Waals surface area contributed by atoms with Gasteiger partial charge in [-0.2, -0.15) is 0 Å². The van der Waals surface area contributed by atoms with E-state index >= 15 is 0 Å². The first kappa shape index (κ1) is 48.6. The molecule has 0 aromatic heterocycles. The lowest BCUT2D eigenvalue weighted by Gasteiger charge is -2.40. The molecule has 15 N–H and O–H groups in total. The van der Waals surface area contributed by atoms with Crippen LogP contribution in [0.5, 0.6) is 5.75 Å². The van der Waals surface area contributed by atoms with E-state index in [2.05, 4.69) is 31.9 Å². The number of aliphatic hydroxyl groups excluding tert-OH is 4. The van der Waals surface area contributed by atoms with Crippen molar-refractivity contribution < 1.29 is 68.6 Å². The number of carbonyl (C=O) groups is 7. The maximum Gasteiger partial charge on any atom is 0.245 e. The highest BCUT2D eigenvalue weighted by molar-refractivity contribution is 8.76. The molecule has 2 aliphatic rings. The third-order valence-corrected chi connectivity index (χ3v) is 11.7. The van der Waals surface area contributed by atoms with Gasteiger partial charge in [0.15, 0.2) is 6.29 Å². The van der Waals surface area contributed by atoms with Crippen molar-refractivity contribution in [3.63, 3.8) is 0 Å². The third kappa shape index (κ3) is 15.1. The number of phenols is 1. The molecule has 2 saturated heterocycles. The molecule has 22 nitrogen and oxygen atoms in total. The van der Waals surface area contributed by atoms with Crippen LogP contribution in [0.4, 0.5) is 0 Å². The number of carbonyl (C=O) groups excluding carboxylic acids is 7. The normalized spacial score (nSPS) is 26.2. The highest BCUT2D eigenvalue weighted by Gasteiger charge is 2.44. The molecular formula is C37H50N8O14S2. The predicted molar refractivity (Wildman–Crippen MR) is 218 cm³/mol. The summed E-state index contributed by atoms with van der Waals surface area (Å²) in [7, 11) is 2.03. The average molecular weight is 895 g/mol. The lowest BCUT2D eigenvalue weighted by atomic mass is 9.99. The van der Waals surface area contributed by atoms with E-state index in [1.54, 1.807) is 42.5 Å². The Morgan fingerprint density at radius 3 is 2.25 bits per heavy atom. The number of phenolic OH excluding ortho intramolecular Hbond substituents is 1. The molecule has 0 aliphatic carbocycles. The van der Waals surface area contributed by atoms with Crippen LogP contribution in [0.3, 0.4) is 0 Å². The maximum atomic E-state index is 14.0. The first-order valence-electron chi connectivity index (χ1n) is 18.8. The molecule has 0 unspecified atom stereocenters. The summed E-state index contributed by atoms with van der Waals surface area (Å²) in [5.41, 5.74) is 12.6. The topological polar surface area (TPSA) is 363 Å². The number of ether oxygens (including phenoxy) is 2. The zero-order valence-corrected chi connectivity index (χ0v) is 34.1. The van der Waals surface area contributed by atoms with Gasteiger partial charge in [-0.05, 0) is 29.7 Å². The predicted octanol–water partition coefficient (Wildman–Crippen LogP) is -5.63. The molecule has 2 aromatic rings. The minimum atomic E-state index is -1.86. The number of aromatic hydroxyl groups is 1. The summed E-state index contributed by atoms with van der Waals surface area (Å²) in [6.45, 7) is -2.81. The van der Waals surface area contributed by atoms with Crippen molar-refractivity contribution in [3.05, 3.63) is 65.7 Å². The van der Waals surface area contributed by atoms with Gasteiger partial charge in [-0.1, -0.05) is 64.1 Å². The molecule has 2 aliphatic heterocycles. The molecule has 0 saturated carbocycles. The van der Waals surface area contributed by atoms with E-state index in [-0.39, 0.29) is 30.1 Å². The lowest BCUT2D eigenvalue weighted by Crippen LogP contribution is -2.61. The van der Waals surface area contributed by atoms with Crippen LogP contribution in [0.1, 0.15) is 11.1 Å². The van der Waals surface area contributed by atoms with Gasteiger partial charge in [0.2, 0.25) is 41.4 Å². The third-order valence-electron chi connectivity index (χ3n) is 9.25. The fourth-order valence-electron chi connectivity index (χ4n) is 5.87. The largest absolute Gasteiger partial charge is 0.508 e. The molecule has 4 rings (SSSR count). The molecule has 2 fully saturated rings. The van der Waals surface area contributed by atoms with E-state index in [4.69, 9.17) is 20.9 Å². The zero-order chi connectivity index (χ0) is 44.6. The number of nitrogens with one attached hydrogen (secondary N) is 6. The van der Waals surface area contributed by atoms with Gasteiger partial charge in [0.05, 0.1) is 32.3 Å². The molecule has 2 aromatic carbocycles. The van der Waals surface area contributed by atoms with E-state index in [1.165, 1.54) is 12.1 Å². The van der Waals surface area contributed by atoms with E-state index in [9.17, 15) is 59.1 Å². The van der Waals surface area contributed by atoms with Gasteiger partial charge in [0.1, 0.15) is 54.3 Å². The summed E-state index contributed by atoms with van der Waals surface area (Å²) >= 11 is 0. The van der Waals surface area contributed by atoms with Crippen LogP contribution in [0.25, 0.3) is 0 Å². The van der Waals surface area contributed by atoms with Crippen LogP contribution in [0, 0.1) is 0 Å². The second-order valence-corrected chi connectivity index (χ2v) is 16.5. The molecule has 0 spiro atoms. The smallest absolute Gasteiger partial charge is 0.245 e. The summed E-state index contributed by atoms with van der Waals surface area (Å²) in [5, 5.41) is 64.7. The van der Waals surface area contributed by atoms with Gasteiger partial charge in [-0.25, -0.2) is 0 Å². The molecule has 0 bridgehead atoms. The highest BCUT2D eigenvalue weighted by atomic mass is 33.1. The second-order valence-electron chi connectivity index (χ2n) is 14.0. The lowest BCUT2D eigenvalue weighted by molar-refractivity contribution is -0.301. The molecule has 0 radical (unpaired) electrons. The highest BCUT2D eigenvalue weighted by Crippen LogP contribution is 2.25. The van der Waals surface area contributed by atoms with Crippen molar-refractivity contribution in [3.8, 4) is 5.75 Å². The Labute approximate surface area is 357 Å². The molecule has 334 valence electrons.